The van der Waals surface area contributed by atoms with E-state index in [1.807, 2.05) is 12.1 Å². The molecule has 4 nitrogen and oxygen atoms in total. The highest BCUT2D eigenvalue weighted by atomic mass is 15.0. The number of nitrogens with one attached hydrogen (secondary N) is 1. The van der Waals surface area contributed by atoms with Crippen LogP contribution in [0.2, 0.25) is 0 Å². The normalized spacial score (nSPS) is 11.5. The van der Waals surface area contributed by atoms with Crippen LogP contribution in [0.25, 0.3) is 11.2 Å². The SMILES string of the molecule is CN(C)CCCCCc1nc2ncccc2[nH]1. The van der Waals surface area contributed by atoms with Crippen LogP contribution in [-0.2, 0) is 6.42 Å². The van der Waals surface area contributed by atoms with Crippen molar-refractivity contribution in [1.29, 1.82) is 0 Å². The first-order valence-electron chi connectivity index (χ1n) is 6.20. The number of unbranched alkanes of at least 4 members (excludes halogenated alkanes) is 2. The van der Waals surface area contributed by atoms with Gasteiger partial charge in [0.15, 0.2) is 5.65 Å². The number of hydrogen-bond donors (Lipinski definition) is 1. The van der Waals surface area contributed by atoms with Crippen LogP contribution >= 0.6 is 0 Å². The number of aryl methyl sites for hydroxylation is 1. The Morgan fingerprint density at radius 2 is 2.12 bits per heavy atom. The first kappa shape index (κ1) is 12.0. The predicted octanol–water partition coefficient (Wildman–Crippen LogP) is 2.23. The minimum Gasteiger partial charge on any atom is -0.341 e. The highest BCUT2D eigenvalue weighted by Crippen LogP contribution is 2.10. The van der Waals surface area contributed by atoms with E-state index in [-0.39, 0.29) is 0 Å². The van der Waals surface area contributed by atoms with Crippen molar-refractivity contribution in [2.75, 3.05) is 20.6 Å². The molecule has 0 aliphatic carbocycles. The van der Waals surface area contributed by atoms with Gasteiger partial charge in [-0.25, -0.2) is 9.97 Å². The molecule has 0 amide bonds. The lowest BCUT2D eigenvalue weighted by Crippen LogP contribution is -2.12. The van der Waals surface area contributed by atoms with Crippen LogP contribution in [0.4, 0.5) is 0 Å². The second-order valence-electron chi connectivity index (χ2n) is 4.67. The quantitative estimate of drug-likeness (QED) is 0.777. The van der Waals surface area contributed by atoms with Crippen LogP contribution in [-0.4, -0.2) is 40.5 Å². The predicted molar refractivity (Wildman–Crippen MR) is 70.0 cm³/mol. The van der Waals surface area contributed by atoms with Gasteiger partial charge < -0.3 is 9.88 Å². The van der Waals surface area contributed by atoms with Gasteiger partial charge >= 0.3 is 0 Å². The monoisotopic (exact) mass is 232 g/mol. The molecule has 92 valence electrons. The van der Waals surface area contributed by atoms with Gasteiger partial charge in [-0.2, -0.15) is 0 Å². The maximum Gasteiger partial charge on any atom is 0.177 e. The molecule has 17 heavy (non-hydrogen) atoms. The van der Waals surface area contributed by atoms with E-state index in [1.165, 1.54) is 25.8 Å². The summed E-state index contributed by atoms with van der Waals surface area (Å²) in [5, 5.41) is 0. The molecule has 0 saturated heterocycles. The van der Waals surface area contributed by atoms with Gasteiger partial charge in [0.2, 0.25) is 0 Å². The van der Waals surface area contributed by atoms with Crippen LogP contribution in [0.5, 0.6) is 0 Å². The molecule has 2 rings (SSSR count). The Bertz CT molecular complexity index is 428. The van der Waals surface area contributed by atoms with E-state index < -0.39 is 0 Å². The number of fused-ring (bicyclic) bond motifs is 1. The summed E-state index contributed by atoms with van der Waals surface area (Å²) in [7, 11) is 4.23. The van der Waals surface area contributed by atoms with Crippen LogP contribution in [0, 0.1) is 0 Å². The van der Waals surface area contributed by atoms with Crippen LogP contribution in [0.3, 0.4) is 0 Å². The average molecular weight is 232 g/mol. The van der Waals surface area contributed by atoms with Crippen molar-refractivity contribution < 1.29 is 0 Å². The number of nitrogens with zero attached hydrogens (tertiary/aromatic N) is 3. The number of aromatic amines is 1. The largest absolute Gasteiger partial charge is 0.341 e. The molecule has 0 radical (unpaired) electrons. The standard InChI is InChI=1S/C13H20N4/c1-17(2)10-5-3-4-8-12-15-11-7-6-9-14-13(11)16-12/h6-7,9H,3-5,8,10H2,1-2H3,(H,14,15,16). The fourth-order valence-corrected chi connectivity index (χ4v) is 1.91. The van der Waals surface area contributed by atoms with E-state index in [0.717, 1.165) is 23.4 Å². The third-order valence-corrected chi connectivity index (χ3v) is 2.83. The number of rotatable bonds is 6. The Balaban J connectivity index is 1.79. The van der Waals surface area contributed by atoms with E-state index in [0.29, 0.717) is 0 Å². The molecule has 0 saturated carbocycles. The third-order valence-electron chi connectivity index (χ3n) is 2.83. The molecule has 4 heteroatoms. The summed E-state index contributed by atoms with van der Waals surface area (Å²) in [6.07, 6.45) is 6.50. The highest BCUT2D eigenvalue weighted by molar-refractivity contribution is 5.69. The number of aromatic nitrogens is 3. The van der Waals surface area contributed by atoms with E-state index >= 15 is 0 Å². The Morgan fingerprint density at radius 3 is 2.88 bits per heavy atom. The number of imidazole rings is 1. The molecule has 2 heterocycles. The van der Waals surface area contributed by atoms with Gasteiger partial charge in [-0.05, 0) is 45.6 Å². The van der Waals surface area contributed by atoms with Crippen molar-refractivity contribution in [2.24, 2.45) is 0 Å². The van der Waals surface area contributed by atoms with E-state index in [4.69, 9.17) is 0 Å². The summed E-state index contributed by atoms with van der Waals surface area (Å²) in [5.41, 5.74) is 1.87. The smallest absolute Gasteiger partial charge is 0.177 e. The topological polar surface area (TPSA) is 44.8 Å². The lowest BCUT2D eigenvalue weighted by molar-refractivity contribution is 0.391. The molecule has 0 aliphatic rings. The molecule has 1 N–H and O–H groups in total. The van der Waals surface area contributed by atoms with Crippen molar-refractivity contribution in [1.82, 2.24) is 19.9 Å². The van der Waals surface area contributed by atoms with Crippen molar-refractivity contribution >= 4 is 11.2 Å². The van der Waals surface area contributed by atoms with Crippen molar-refractivity contribution in [3.63, 3.8) is 0 Å². The Labute approximate surface area is 102 Å². The average Bonchev–Trinajstić information content (AvgIpc) is 2.70. The van der Waals surface area contributed by atoms with Crippen LogP contribution in [0.1, 0.15) is 25.1 Å². The minimum absolute atomic E-state index is 0.829. The number of H-pyrrole nitrogens is 1. The van der Waals surface area contributed by atoms with Gasteiger partial charge in [0, 0.05) is 12.6 Å². The van der Waals surface area contributed by atoms with Gasteiger partial charge in [0.1, 0.15) is 5.82 Å². The van der Waals surface area contributed by atoms with Crippen LogP contribution < -0.4 is 0 Å². The molecule has 0 unspecified atom stereocenters. The summed E-state index contributed by atoms with van der Waals surface area (Å²) in [5.74, 6) is 1.06. The first-order valence-corrected chi connectivity index (χ1v) is 6.20. The Kier molecular flexibility index (Phi) is 4.09. The second kappa shape index (κ2) is 5.77. The number of hydrogen-bond acceptors (Lipinski definition) is 3. The molecule has 0 spiro atoms. The van der Waals surface area contributed by atoms with Crippen molar-refractivity contribution in [2.45, 2.75) is 25.7 Å². The second-order valence-corrected chi connectivity index (χ2v) is 4.67. The van der Waals surface area contributed by atoms with Crippen molar-refractivity contribution in [3.8, 4) is 0 Å². The summed E-state index contributed by atoms with van der Waals surface area (Å²) in [6, 6.07) is 3.95. The summed E-state index contributed by atoms with van der Waals surface area (Å²) < 4.78 is 0. The zero-order chi connectivity index (χ0) is 12.1. The van der Waals surface area contributed by atoms with E-state index in [2.05, 4.69) is 33.9 Å². The zero-order valence-corrected chi connectivity index (χ0v) is 10.6. The fourth-order valence-electron chi connectivity index (χ4n) is 1.91. The molecular formula is C13H20N4. The molecular weight excluding hydrogens is 212 g/mol. The van der Waals surface area contributed by atoms with Crippen LogP contribution in [0.15, 0.2) is 18.3 Å². The summed E-state index contributed by atoms with van der Waals surface area (Å²) >= 11 is 0. The molecule has 2 aromatic rings. The van der Waals surface area contributed by atoms with Gasteiger partial charge in [0.25, 0.3) is 0 Å². The summed E-state index contributed by atoms with van der Waals surface area (Å²) in [4.78, 5) is 14.2. The molecule has 0 bridgehead atoms. The summed E-state index contributed by atoms with van der Waals surface area (Å²) in [6.45, 7) is 1.17. The zero-order valence-electron chi connectivity index (χ0n) is 10.6. The molecule has 2 aromatic heterocycles. The fraction of sp³-hybridized carbons (Fsp3) is 0.538. The Morgan fingerprint density at radius 1 is 1.24 bits per heavy atom. The van der Waals surface area contributed by atoms with E-state index in [1.54, 1.807) is 6.20 Å². The van der Waals surface area contributed by atoms with Gasteiger partial charge in [-0.3, -0.25) is 0 Å². The van der Waals surface area contributed by atoms with Gasteiger partial charge in [0.05, 0.1) is 5.52 Å². The first-order chi connectivity index (χ1) is 8.25. The lowest BCUT2D eigenvalue weighted by atomic mass is 10.2. The third kappa shape index (κ3) is 3.53. The van der Waals surface area contributed by atoms with E-state index in [9.17, 15) is 0 Å². The number of pyridine rings is 1. The molecule has 0 aliphatic heterocycles. The van der Waals surface area contributed by atoms with Gasteiger partial charge in [-0.15, -0.1) is 0 Å². The van der Waals surface area contributed by atoms with Gasteiger partial charge in [-0.1, -0.05) is 6.42 Å². The lowest BCUT2D eigenvalue weighted by Gasteiger charge is -2.07. The minimum atomic E-state index is 0.829. The Hall–Kier alpha value is -1.42. The van der Waals surface area contributed by atoms with Crippen molar-refractivity contribution in [3.05, 3.63) is 24.2 Å². The highest BCUT2D eigenvalue weighted by Gasteiger charge is 2.02. The molecule has 0 atom stereocenters. The maximum absolute atomic E-state index is 4.47. The molecule has 0 aromatic carbocycles. The molecule has 0 fully saturated rings. The maximum atomic E-state index is 4.47.